The first-order valence-electron chi connectivity index (χ1n) is 7.17. The maximum atomic E-state index is 11.6. The van der Waals surface area contributed by atoms with Crippen molar-refractivity contribution in [3.63, 3.8) is 0 Å². The summed E-state index contributed by atoms with van der Waals surface area (Å²) in [6, 6.07) is 13.1. The van der Waals surface area contributed by atoms with Crippen LogP contribution in [0.1, 0.15) is 12.8 Å². The number of benzene rings is 1. The first-order valence-corrected chi connectivity index (χ1v) is 7.17. The molecule has 0 saturated carbocycles. The van der Waals surface area contributed by atoms with Gasteiger partial charge in [-0.3, -0.25) is 9.59 Å². The lowest BCUT2D eigenvalue weighted by Crippen LogP contribution is -2.13. The van der Waals surface area contributed by atoms with Gasteiger partial charge in [0.1, 0.15) is 5.65 Å². The number of aromatic nitrogens is 2. The summed E-state index contributed by atoms with van der Waals surface area (Å²) in [5.41, 5.74) is 3.29. The molecule has 0 atom stereocenters. The molecule has 0 unspecified atom stereocenters. The maximum Gasteiger partial charge on any atom is 0.303 e. The van der Waals surface area contributed by atoms with Crippen LogP contribution in [0.25, 0.3) is 16.9 Å². The third kappa shape index (κ3) is 3.55. The number of fused-ring (bicyclic) bond motifs is 1. The number of anilines is 1. The van der Waals surface area contributed by atoms with E-state index in [4.69, 9.17) is 5.11 Å². The molecule has 0 aliphatic carbocycles. The fourth-order valence-electron chi connectivity index (χ4n) is 2.24. The summed E-state index contributed by atoms with van der Waals surface area (Å²) in [6.45, 7) is 0. The first-order chi connectivity index (χ1) is 11.1. The number of carbonyl (C=O) groups excluding carboxylic acids is 1. The van der Waals surface area contributed by atoms with E-state index < -0.39 is 5.97 Å². The van der Waals surface area contributed by atoms with Gasteiger partial charge < -0.3 is 14.8 Å². The Morgan fingerprint density at radius 3 is 2.57 bits per heavy atom. The summed E-state index contributed by atoms with van der Waals surface area (Å²) in [5, 5.41) is 11.2. The van der Waals surface area contributed by atoms with Crippen molar-refractivity contribution >= 4 is 23.2 Å². The lowest BCUT2D eigenvalue weighted by Gasteiger charge is -2.05. The van der Waals surface area contributed by atoms with Gasteiger partial charge in [-0.2, -0.15) is 0 Å². The fraction of sp³-hybridized carbons (Fsp3) is 0.118. The van der Waals surface area contributed by atoms with Crippen LogP contribution in [0.3, 0.4) is 0 Å². The van der Waals surface area contributed by atoms with E-state index in [1.54, 1.807) is 12.1 Å². The Hall–Kier alpha value is -3.15. The molecule has 116 valence electrons. The zero-order valence-corrected chi connectivity index (χ0v) is 12.3. The molecule has 0 radical (unpaired) electrons. The van der Waals surface area contributed by atoms with Crippen molar-refractivity contribution in [3.8, 4) is 11.3 Å². The lowest BCUT2D eigenvalue weighted by molar-refractivity contribution is -0.138. The molecule has 0 fully saturated rings. The minimum atomic E-state index is -0.984. The van der Waals surface area contributed by atoms with Crippen LogP contribution in [0, 0.1) is 0 Å². The Morgan fingerprint density at radius 2 is 1.87 bits per heavy atom. The predicted octanol–water partition coefficient (Wildman–Crippen LogP) is 2.80. The Labute approximate surface area is 132 Å². The van der Waals surface area contributed by atoms with Gasteiger partial charge >= 0.3 is 5.97 Å². The number of rotatable bonds is 5. The van der Waals surface area contributed by atoms with E-state index in [-0.39, 0.29) is 18.7 Å². The minimum absolute atomic E-state index is 0.0382. The smallest absolute Gasteiger partial charge is 0.303 e. The molecule has 0 aliphatic heterocycles. The monoisotopic (exact) mass is 309 g/mol. The molecule has 23 heavy (non-hydrogen) atoms. The van der Waals surface area contributed by atoms with Crippen molar-refractivity contribution in [2.24, 2.45) is 0 Å². The molecule has 2 aromatic heterocycles. The molecule has 0 bridgehead atoms. The number of carbonyl (C=O) groups is 2. The summed E-state index contributed by atoms with van der Waals surface area (Å²) in [7, 11) is 0. The Balaban J connectivity index is 1.71. The minimum Gasteiger partial charge on any atom is -0.481 e. The Bertz CT molecular complexity index is 820. The van der Waals surface area contributed by atoms with Crippen LogP contribution < -0.4 is 5.32 Å². The van der Waals surface area contributed by atoms with Crippen molar-refractivity contribution in [2.75, 3.05) is 5.32 Å². The third-order valence-electron chi connectivity index (χ3n) is 3.39. The van der Waals surface area contributed by atoms with Gasteiger partial charge in [-0.05, 0) is 24.3 Å². The van der Waals surface area contributed by atoms with Gasteiger partial charge in [0.05, 0.1) is 12.1 Å². The third-order valence-corrected chi connectivity index (χ3v) is 3.39. The van der Waals surface area contributed by atoms with Gasteiger partial charge in [0, 0.05) is 30.1 Å². The standard InChI is InChI=1S/C17H15N3O3/c21-16(8-9-17(22)23)18-13-6-4-12(5-7-13)14-11-20-10-2-1-3-15(20)19-14/h1-7,10-11H,8-9H2,(H,18,21)(H,22,23). The average Bonchev–Trinajstić information content (AvgIpc) is 2.97. The van der Waals surface area contributed by atoms with E-state index in [1.807, 2.05) is 47.1 Å². The van der Waals surface area contributed by atoms with Crippen LogP contribution in [-0.4, -0.2) is 26.4 Å². The number of nitrogens with one attached hydrogen (secondary N) is 1. The Kier molecular flexibility index (Phi) is 4.05. The summed E-state index contributed by atoms with van der Waals surface area (Å²) in [6.07, 6.45) is 3.66. The fourth-order valence-corrected chi connectivity index (χ4v) is 2.24. The number of imidazole rings is 1. The normalized spacial score (nSPS) is 10.6. The highest BCUT2D eigenvalue weighted by Gasteiger charge is 2.07. The molecule has 6 heteroatoms. The van der Waals surface area contributed by atoms with Gasteiger partial charge in [0.2, 0.25) is 5.91 Å². The topological polar surface area (TPSA) is 83.7 Å². The predicted molar refractivity (Wildman–Crippen MR) is 86.1 cm³/mol. The zero-order chi connectivity index (χ0) is 16.2. The van der Waals surface area contributed by atoms with Crippen LogP contribution >= 0.6 is 0 Å². The van der Waals surface area contributed by atoms with E-state index in [9.17, 15) is 9.59 Å². The molecule has 1 amide bonds. The van der Waals surface area contributed by atoms with Crippen molar-refractivity contribution < 1.29 is 14.7 Å². The molecule has 3 aromatic rings. The number of carboxylic acid groups (broad SMARTS) is 1. The molecule has 3 rings (SSSR count). The molecule has 0 spiro atoms. The molecule has 2 heterocycles. The number of carboxylic acids is 1. The summed E-state index contributed by atoms with van der Waals surface area (Å²) < 4.78 is 1.94. The van der Waals surface area contributed by atoms with Crippen LogP contribution in [0.5, 0.6) is 0 Å². The quantitative estimate of drug-likeness (QED) is 0.759. The molecule has 1 aromatic carbocycles. The SMILES string of the molecule is O=C(O)CCC(=O)Nc1ccc(-c2cn3ccccc3n2)cc1. The lowest BCUT2D eigenvalue weighted by atomic mass is 10.1. The molecular weight excluding hydrogens is 294 g/mol. The van der Waals surface area contributed by atoms with Gasteiger partial charge in [-0.1, -0.05) is 18.2 Å². The highest BCUT2D eigenvalue weighted by atomic mass is 16.4. The summed E-state index contributed by atoms with van der Waals surface area (Å²) in [5.74, 6) is -1.30. The Morgan fingerprint density at radius 1 is 1.09 bits per heavy atom. The van der Waals surface area contributed by atoms with Crippen molar-refractivity contribution in [2.45, 2.75) is 12.8 Å². The number of hydrogen-bond acceptors (Lipinski definition) is 3. The molecule has 2 N–H and O–H groups in total. The first kappa shape index (κ1) is 14.8. The number of hydrogen-bond donors (Lipinski definition) is 2. The van der Waals surface area contributed by atoms with Crippen LogP contribution in [-0.2, 0) is 9.59 Å². The van der Waals surface area contributed by atoms with Gasteiger partial charge in [0.25, 0.3) is 0 Å². The van der Waals surface area contributed by atoms with E-state index in [1.165, 1.54) is 0 Å². The van der Waals surface area contributed by atoms with Gasteiger partial charge in [-0.25, -0.2) is 4.98 Å². The second-order valence-corrected chi connectivity index (χ2v) is 5.11. The molecule has 6 nitrogen and oxygen atoms in total. The second-order valence-electron chi connectivity index (χ2n) is 5.11. The largest absolute Gasteiger partial charge is 0.481 e. The van der Waals surface area contributed by atoms with Crippen LogP contribution in [0.4, 0.5) is 5.69 Å². The van der Waals surface area contributed by atoms with Crippen LogP contribution in [0.2, 0.25) is 0 Å². The maximum absolute atomic E-state index is 11.6. The van der Waals surface area contributed by atoms with E-state index in [0.29, 0.717) is 5.69 Å². The molecule has 0 saturated heterocycles. The summed E-state index contributed by atoms with van der Waals surface area (Å²) in [4.78, 5) is 26.6. The average molecular weight is 309 g/mol. The van der Waals surface area contributed by atoms with E-state index >= 15 is 0 Å². The van der Waals surface area contributed by atoms with E-state index in [2.05, 4.69) is 10.3 Å². The zero-order valence-electron chi connectivity index (χ0n) is 12.3. The highest BCUT2D eigenvalue weighted by molar-refractivity contribution is 5.92. The van der Waals surface area contributed by atoms with E-state index in [0.717, 1.165) is 16.9 Å². The number of nitrogens with zero attached hydrogens (tertiary/aromatic N) is 2. The van der Waals surface area contributed by atoms with Gasteiger partial charge in [-0.15, -0.1) is 0 Å². The van der Waals surface area contributed by atoms with Crippen molar-refractivity contribution in [1.82, 2.24) is 9.38 Å². The van der Waals surface area contributed by atoms with Crippen molar-refractivity contribution in [3.05, 3.63) is 54.9 Å². The van der Waals surface area contributed by atoms with Crippen LogP contribution in [0.15, 0.2) is 54.9 Å². The number of amides is 1. The van der Waals surface area contributed by atoms with Crippen molar-refractivity contribution in [1.29, 1.82) is 0 Å². The second kappa shape index (κ2) is 6.31. The number of pyridine rings is 1. The molecule has 0 aliphatic rings. The summed E-state index contributed by atoms with van der Waals surface area (Å²) >= 11 is 0. The van der Waals surface area contributed by atoms with Gasteiger partial charge in [0.15, 0.2) is 0 Å². The molecular formula is C17H15N3O3. The highest BCUT2D eigenvalue weighted by Crippen LogP contribution is 2.21. The number of aliphatic carboxylic acids is 1.